The average molecular weight is 374 g/mol. The van der Waals surface area contributed by atoms with Gasteiger partial charge in [0.1, 0.15) is 13.2 Å². The van der Waals surface area contributed by atoms with E-state index in [-0.39, 0.29) is 6.61 Å². The van der Waals surface area contributed by atoms with E-state index in [4.69, 9.17) is 14.2 Å². The van der Waals surface area contributed by atoms with Crippen LogP contribution in [-0.2, 0) is 16.1 Å². The van der Waals surface area contributed by atoms with Crippen LogP contribution in [0.2, 0.25) is 0 Å². The van der Waals surface area contributed by atoms with Crippen LogP contribution in [0.4, 0.5) is 0 Å². The normalized spacial score (nSPS) is 10.8. The molecule has 0 bridgehead atoms. The number of carbonyl (C=O) groups is 1. The van der Waals surface area contributed by atoms with Crippen molar-refractivity contribution in [3.8, 4) is 11.5 Å². The maximum absolute atomic E-state index is 11.6. The van der Waals surface area contributed by atoms with Gasteiger partial charge >= 0.3 is 5.97 Å². The summed E-state index contributed by atoms with van der Waals surface area (Å²) in [4.78, 5) is 11.6. The molecule has 142 valence electrons. The van der Waals surface area contributed by atoms with E-state index < -0.39 is 5.97 Å². The zero-order chi connectivity index (χ0) is 19.8. The largest absolute Gasteiger partial charge is 0.493 e. The van der Waals surface area contributed by atoms with Crippen molar-refractivity contribution in [3.63, 3.8) is 0 Å². The van der Waals surface area contributed by atoms with Gasteiger partial charge in [-0.05, 0) is 40.1 Å². The molecule has 0 amide bonds. The van der Waals surface area contributed by atoms with Crippen LogP contribution in [0.1, 0.15) is 11.1 Å². The minimum atomic E-state index is -0.421. The van der Waals surface area contributed by atoms with E-state index in [0.717, 1.165) is 11.1 Å². The van der Waals surface area contributed by atoms with Crippen LogP contribution in [0.25, 0.3) is 16.8 Å². The van der Waals surface area contributed by atoms with Crippen molar-refractivity contribution in [2.45, 2.75) is 6.61 Å². The fraction of sp³-hybridized carbons (Fsp3) is 0.125. The second-order valence-electron chi connectivity index (χ2n) is 6.09. The van der Waals surface area contributed by atoms with E-state index in [1.54, 1.807) is 13.2 Å². The highest BCUT2D eigenvalue weighted by molar-refractivity contribution is 5.87. The summed E-state index contributed by atoms with van der Waals surface area (Å²) in [5.74, 6) is 0.818. The summed E-state index contributed by atoms with van der Waals surface area (Å²) in [5.41, 5.74) is 1.92. The minimum absolute atomic E-state index is 0.188. The first-order valence-corrected chi connectivity index (χ1v) is 8.94. The van der Waals surface area contributed by atoms with Gasteiger partial charge in [0.2, 0.25) is 0 Å². The number of hydrogen-bond donors (Lipinski definition) is 0. The molecule has 0 saturated heterocycles. The molecular formula is C24H22O4. The van der Waals surface area contributed by atoms with Gasteiger partial charge in [-0.25, -0.2) is 4.79 Å². The van der Waals surface area contributed by atoms with Crippen molar-refractivity contribution in [1.29, 1.82) is 0 Å². The third-order valence-electron chi connectivity index (χ3n) is 4.21. The van der Waals surface area contributed by atoms with Crippen molar-refractivity contribution in [1.82, 2.24) is 0 Å². The molecule has 4 heteroatoms. The highest BCUT2D eigenvalue weighted by atomic mass is 16.5. The Balaban J connectivity index is 1.73. The van der Waals surface area contributed by atoms with Gasteiger partial charge in [0.15, 0.2) is 11.5 Å². The summed E-state index contributed by atoms with van der Waals surface area (Å²) in [6.07, 6.45) is 4.56. The Morgan fingerprint density at radius 2 is 1.86 bits per heavy atom. The summed E-state index contributed by atoms with van der Waals surface area (Å²) in [5, 5.41) is 2.35. The first-order valence-electron chi connectivity index (χ1n) is 8.94. The lowest BCUT2D eigenvalue weighted by Gasteiger charge is -2.13. The first-order chi connectivity index (χ1) is 13.7. The highest BCUT2D eigenvalue weighted by Crippen LogP contribution is 2.30. The van der Waals surface area contributed by atoms with Gasteiger partial charge in [-0.1, -0.05) is 61.2 Å². The topological polar surface area (TPSA) is 44.8 Å². The Morgan fingerprint density at radius 3 is 2.68 bits per heavy atom. The molecular weight excluding hydrogens is 352 g/mol. The zero-order valence-corrected chi connectivity index (χ0v) is 15.8. The number of ether oxygens (including phenoxy) is 3. The lowest BCUT2D eigenvalue weighted by Crippen LogP contribution is -2.00. The number of esters is 1. The molecule has 3 rings (SSSR count). The standard InChI is InChI=1S/C24H22O4/c1-3-15-27-24(25)14-12-18-11-13-22(23(16-18)26-2)28-17-20-9-6-8-19-7-4-5-10-21(19)20/h3-14,16H,1,15,17H2,2H3/b14-12+. The lowest BCUT2D eigenvalue weighted by atomic mass is 10.1. The maximum atomic E-state index is 11.6. The third-order valence-corrected chi connectivity index (χ3v) is 4.21. The summed E-state index contributed by atoms with van der Waals surface area (Å²) in [6, 6.07) is 19.9. The number of hydrogen-bond acceptors (Lipinski definition) is 4. The Hall–Kier alpha value is -3.53. The SMILES string of the molecule is C=CCOC(=O)/C=C/c1ccc(OCc2cccc3ccccc23)c(OC)c1. The van der Waals surface area contributed by atoms with Crippen LogP contribution in [0.5, 0.6) is 11.5 Å². The fourth-order valence-electron chi connectivity index (χ4n) is 2.83. The van der Waals surface area contributed by atoms with Crippen molar-refractivity contribution >= 4 is 22.8 Å². The van der Waals surface area contributed by atoms with Crippen LogP contribution in [0.3, 0.4) is 0 Å². The molecule has 3 aromatic carbocycles. The van der Waals surface area contributed by atoms with Crippen LogP contribution < -0.4 is 9.47 Å². The molecule has 0 atom stereocenters. The van der Waals surface area contributed by atoms with Crippen LogP contribution >= 0.6 is 0 Å². The third kappa shape index (κ3) is 4.80. The van der Waals surface area contributed by atoms with E-state index in [9.17, 15) is 4.79 Å². The Morgan fingerprint density at radius 1 is 1.04 bits per heavy atom. The van der Waals surface area contributed by atoms with Gasteiger partial charge in [-0.2, -0.15) is 0 Å². The number of benzene rings is 3. The molecule has 0 aliphatic carbocycles. The summed E-state index contributed by atoms with van der Waals surface area (Å²) < 4.78 is 16.4. The van der Waals surface area contributed by atoms with Crippen molar-refractivity contribution in [2.24, 2.45) is 0 Å². The Kier molecular flexibility index (Phi) is 6.47. The molecule has 0 N–H and O–H groups in total. The molecule has 0 unspecified atom stereocenters. The minimum Gasteiger partial charge on any atom is -0.493 e. The van der Waals surface area contributed by atoms with E-state index >= 15 is 0 Å². The highest BCUT2D eigenvalue weighted by Gasteiger charge is 2.07. The quantitative estimate of drug-likeness (QED) is 0.310. The van der Waals surface area contributed by atoms with Gasteiger partial charge < -0.3 is 14.2 Å². The molecule has 0 aliphatic rings. The molecule has 0 aliphatic heterocycles. The van der Waals surface area contributed by atoms with E-state index in [2.05, 4.69) is 30.8 Å². The second kappa shape index (κ2) is 9.42. The molecule has 0 radical (unpaired) electrons. The van der Waals surface area contributed by atoms with Gasteiger partial charge in [0.05, 0.1) is 7.11 Å². The Bertz CT molecular complexity index is 999. The van der Waals surface area contributed by atoms with Crippen molar-refractivity contribution in [2.75, 3.05) is 13.7 Å². The molecule has 0 aromatic heterocycles. The average Bonchev–Trinajstić information content (AvgIpc) is 2.74. The summed E-state index contributed by atoms with van der Waals surface area (Å²) >= 11 is 0. The van der Waals surface area contributed by atoms with Crippen molar-refractivity contribution < 1.29 is 19.0 Å². The number of methoxy groups -OCH3 is 1. The van der Waals surface area contributed by atoms with Gasteiger partial charge in [0, 0.05) is 6.08 Å². The zero-order valence-electron chi connectivity index (χ0n) is 15.8. The monoisotopic (exact) mass is 374 g/mol. The van der Waals surface area contributed by atoms with Gasteiger partial charge in [0.25, 0.3) is 0 Å². The number of fused-ring (bicyclic) bond motifs is 1. The van der Waals surface area contributed by atoms with E-state index in [1.807, 2.05) is 36.4 Å². The van der Waals surface area contributed by atoms with E-state index in [1.165, 1.54) is 22.9 Å². The van der Waals surface area contributed by atoms with Crippen LogP contribution in [0.15, 0.2) is 79.4 Å². The molecule has 0 spiro atoms. The van der Waals surface area contributed by atoms with Gasteiger partial charge in [-0.3, -0.25) is 0 Å². The maximum Gasteiger partial charge on any atom is 0.331 e. The summed E-state index contributed by atoms with van der Waals surface area (Å²) in [6.45, 7) is 4.13. The molecule has 0 saturated carbocycles. The van der Waals surface area contributed by atoms with Crippen LogP contribution in [0, 0.1) is 0 Å². The molecule has 0 fully saturated rings. The predicted octanol–water partition coefficient (Wildman–Crippen LogP) is 5.17. The first kappa shape index (κ1) is 19.2. The fourth-order valence-corrected chi connectivity index (χ4v) is 2.83. The molecule has 0 heterocycles. The van der Waals surface area contributed by atoms with Crippen LogP contribution in [-0.4, -0.2) is 19.7 Å². The predicted molar refractivity (Wildman–Crippen MR) is 111 cm³/mol. The number of rotatable bonds is 8. The van der Waals surface area contributed by atoms with E-state index in [0.29, 0.717) is 18.1 Å². The summed E-state index contributed by atoms with van der Waals surface area (Å²) in [7, 11) is 1.59. The second-order valence-corrected chi connectivity index (χ2v) is 6.09. The Labute approximate surface area is 164 Å². The van der Waals surface area contributed by atoms with Crippen molar-refractivity contribution in [3.05, 3.63) is 90.5 Å². The smallest absolute Gasteiger partial charge is 0.331 e. The molecule has 4 nitrogen and oxygen atoms in total. The lowest BCUT2D eigenvalue weighted by molar-refractivity contribution is -0.136. The number of carbonyl (C=O) groups excluding carboxylic acids is 1. The van der Waals surface area contributed by atoms with Gasteiger partial charge in [-0.15, -0.1) is 0 Å². The molecule has 3 aromatic rings. The molecule has 28 heavy (non-hydrogen) atoms.